The summed E-state index contributed by atoms with van der Waals surface area (Å²) >= 11 is 0. The zero-order valence-corrected chi connectivity index (χ0v) is 9.94. The van der Waals surface area contributed by atoms with E-state index in [9.17, 15) is 0 Å². The molecular weight excluding hydrogens is 196 g/mol. The van der Waals surface area contributed by atoms with Crippen LogP contribution in [0.5, 0.6) is 0 Å². The smallest absolute Gasteiger partial charge is 0.0218 e. The van der Waals surface area contributed by atoms with Gasteiger partial charge in [-0.2, -0.15) is 0 Å². The molecule has 2 heteroatoms. The highest BCUT2D eigenvalue weighted by atomic mass is 15.2. The van der Waals surface area contributed by atoms with Crippen molar-refractivity contribution in [3.8, 4) is 0 Å². The van der Waals surface area contributed by atoms with Crippen molar-refractivity contribution >= 4 is 0 Å². The Kier molecular flexibility index (Phi) is 4.37. The average Bonchev–Trinajstić information content (AvgIpc) is 2.78. The molecule has 0 spiro atoms. The quantitative estimate of drug-likeness (QED) is 0.819. The lowest BCUT2D eigenvalue weighted by Gasteiger charge is -2.22. The van der Waals surface area contributed by atoms with E-state index in [-0.39, 0.29) is 0 Å². The van der Waals surface area contributed by atoms with Crippen LogP contribution in [0.2, 0.25) is 0 Å². The molecule has 2 nitrogen and oxygen atoms in total. The van der Waals surface area contributed by atoms with Gasteiger partial charge >= 0.3 is 0 Å². The predicted molar refractivity (Wildman–Crippen MR) is 68.4 cm³/mol. The molecule has 0 saturated carbocycles. The van der Waals surface area contributed by atoms with Crippen LogP contribution < -0.4 is 5.73 Å². The molecule has 0 aliphatic carbocycles. The first kappa shape index (κ1) is 11.6. The molecule has 1 aromatic rings. The summed E-state index contributed by atoms with van der Waals surface area (Å²) < 4.78 is 0. The van der Waals surface area contributed by atoms with Crippen LogP contribution in [0.1, 0.15) is 24.8 Å². The van der Waals surface area contributed by atoms with Crippen molar-refractivity contribution in [3.05, 3.63) is 35.9 Å². The number of benzene rings is 1. The number of hydrogen-bond donors (Lipinski definition) is 1. The van der Waals surface area contributed by atoms with Gasteiger partial charge in [0.15, 0.2) is 0 Å². The third kappa shape index (κ3) is 3.06. The molecule has 1 fully saturated rings. The van der Waals surface area contributed by atoms with Gasteiger partial charge in [-0.05, 0) is 44.3 Å². The van der Waals surface area contributed by atoms with Crippen LogP contribution in [0.25, 0.3) is 0 Å². The molecule has 0 unspecified atom stereocenters. The standard InChI is InChI=1S/C14H22N2/c15-12-14-9-5-11-16(14)10-4-8-13-6-2-1-3-7-13/h1-3,6-7,14H,4-5,8-12,15H2/t14-/m0/s1. The largest absolute Gasteiger partial charge is 0.329 e. The Bertz CT molecular complexity index is 297. The maximum Gasteiger partial charge on any atom is 0.0218 e. The van der Waals surface area contributed by atoms with Gasteiger partial charge in [-0.25, -0.2) is 0 Å². The van der Waals surface area contributed by atoms with E-state index >= 15 is 0 Å². The first-order valence-corrected chi connectivity index (χ1v) is 6.38. The van der Waals surface area contributed by atoms with Gasteiger partial charge < -0.3 is 5.73 Å². The van der Waals surface area contributed by atoms with Crippen LogP contribution in [0, 0.1) is 0 Å². The highest BCUT2D eigenvalue weighted by Gasteiger charge is 2.21. The predicted octanol–water partition coefficient (Wildman–Crippen LogP) is 2.04. The molecule has 88 valence electrons. The van der Waals surface area contributed by atoms with E-state index in [2.05, 4.69) is 35.2 Å². The Balaban J connectivity index is 1.72. The molecule has 1 aliphatic rings. The summed E-state index contributed by atoms with van der Waals surface area (Å²) in [5.41, 5.74) is 7.22. The molecular formula is C14H22N2. The first-order chi connectivity index (χ1) is 7.90. The van der Waals surface area contributed by atoms with Gasteiger partial charge in [-0.1, -0.05) is 30.3 Å². The van der Waals surface area contributed by atoms with Crippen molar-refractivity contribution < 1.29 is 0 Å². The van der Waals surface area contributed by atoms with Gasteiger partial charge in [0.25, 0.3) is 0 Å². The Hall–Kier alpha value is -0.860. The highest BCUT2D eigenvalue weighted by Crippen LogP contribution is 2.16. The fourth-order valence-electron chi connectivity index (χ4n) is 2.59. The maximum absolute atomic E-state index is 5.77. The van der Waals surface area contributed by atoms with Crippen molar-refractivity contribution in [2.75, 3.05) is 19.6 Å². The third-order valence-corrected chi connectivity index (χ3v) is 3.52. The summed E-state index contributed by atoms with van der Waals surface area (Å²) in [6, 6.07) is 11.4. The molecule has 0 radical (unpaired) electrons. The molecule has 0 amide bonds. The third-order valence-electron chi connectivity index (χ3n) is 3.52. The summed E-state index contributed by atoms with van der Waals surface area (Å²) in [5.74, 6) is 0. The second-order valence-electron chi connectivity index (χ2n) is 4.66. The molecule has 0 bridgehead atoms. The second-order valence-corrected chi connectivity index (χ2v) is 4.66. The maximum atomic E-state index is 5.77. The van der Waals surface area contributed by atoms with Crippen LogP contribution in [0.3, 0.4) is 0 Å². The normalized spacial score (nSPS) is 21.4. The lowest BCUT2D eigenvalue weighted by Crippen LogP contribution is -2.36. The number of likely N-dealkylation sites (tertiary alicyclic amines) is 1. The van der Waals surface area contributed by atoms with Crippen molar-refractivity contribution in [2.45, 2.75) is 31.7 Å². The monoisotopic (exact) mass is 218 g/mol. The van der Waals surface area contributed by atoms with E-state index in [1.54, 1.807) is 0 Å². The minimum atomic E-state index is 0.649. The van der Waals surface area contributed by atoms with Crippen molar-refractivity contribution in [2.24, 2.45) is 5.73 Å². The summed E-state index contributed by atoms with van der Waals surface area (Å²) in [7, 11) is 0. The number of aryl methyl sites for hydroxylation is 1. The van der Waals surface area contributed by atoms with Gasteiger partial charge in [-0.3, -0.25) is 4.90 Å². The van der Waals surface area contributed by atoms with Crippen LogP contribution in [0.4, 0.5) is 0 Å². The number of rotatable bonds is 5. The molecule has 1 saturated heterocycles. The van der Waals surface area contributed by atoms with Crippen LogP contribution >= 0.6 is 0 Å². The van der Waals surface area contributed by atoms with Gasteiger partial charge in [0, 0.05) is 12.6 Å². The molecule has 1 heterocycles. The van der Waals surface area contributed by atoms with E-state index < -0.39 is 0 Å². The number of hydrogen-bond acceptors (Lipinski definition) is 2. The molecule has 16 heavy (non-hydrogen) atoms. The molecule has 0 aromatic heterocycles. The van der Waals surface area contributed by atoms with Crippen molar-refractivity contribution in [1.29, 1.82) is 0 Å². The van der Waals surface area contributed by atoms with Crippen molar-refractivity contribution in [1.82, 2.24) is 4.90 Å². The number of nitrogens with two attached hydrogens (primary N) is 1. The SMILES string of the molecule is NC[C@@H]1CCCN1CCCc1ccccc1. The van der Waals surface area contributed by atoms with E-state index in [4.69, 9.17) is 5.73 Å². The van der Waals surface area contributed by atoms with Gasteiger partial charge in [-0.15, -0.1) is 0 Å². The summed E-state index contributed by atoms with van der Waals surface area (Å²) in [6.45, 7) is 3.28. The van der Waals surface area contributed by atoms with Crippen molar-refractivity contribution in [3.63, 3.8) is 0 Å². The Morgan fingerprint density at radius 3 is 2.81 bits per heavy atom. The number of nitrogens with zero attached hydrogens (tertiary/aromatic N) is 1. The van der Waals surface area contributed by atoms with E-state index in [0.717, 1.165) is 6.54 Å². The average molecular weight is 218 g/mol. The summed E-state index contributed by atoms with van der Waals surface area (Å²) in [4.78, 5) is 2.56. The zero-order valence-electron chi connectivity index (χ0n) is 9.94. The minimum Gasteiger partial charge on any atom is -0.329 e. The van der Waals surface area contributed by atoms with Crippen LogP contribution in [-0.2, 0) is 6.42 Å². The Labute approximate surface area is 98.4 Å². The fourth-order valence-corrected chi connectivity index (χ4v) is 2.59. The van der Waals surface area contributed by atoms with E-state index in [1.165, 1.54) is 44.3 Å². The molecule has 1 aromatic carbocycles. The molecule has 2 rings (SSSR count). The zero-order chi connectivity index (χ0) is 11.2. The highest BCUT2D eigenvalue weighted by molar-refractivity contribution is 5.14. The fraction of sp³-hybridized carbons (Fsp3) is 0.571. The van der Waals surface area contributed by atoms with Crippen LogP contribution in [0.15, 0.2) is 30.3 Å². The van der Waals surface area contributed by atoms with Crippen LogP contribution in [-0.4, -0.2) is 30.6 Å². The van der Waals surface area contributed by atoms with Gasteiger partial charge in [0.05, 0.1) is 0 Å². The van der Waals surface area contributed by atoms with Gasteiger partial charge in [0.2, 0.25) is 0 Å². The Morgan fingerprint density at radius 2 is 2.06 bits per heavy atom. The van der Waals surface area contributed by atoms with E-state index in [1.807, 2.05) is 0 Å². The molecule has 1 atom stereocenters. The van der Waals surface area contributed by atoms with E-state index in [0.29, 0.717) is 6.04 Å². The lowest BCUT2D eigenvalue weighted by molar-refractivity contribution is 0.256. The van der Waals surface area contributed by atoms with Gasteiger partial charge in [0.1, 0.15) is 0 Å². The summed E-state index contributed by atoms with van der Waals surface area (Å²) in [5, 5.41) is 0. The molecule has 2 N–H and O–H groups in total. The molecule has 1 aliphatic heterocycles. The lowest BCUT2D eigenvalue weighted by atomic mass is 10.1. The Morgan fingerprint density at radius 1 is 1.25 bits per heavy atom. The first-order valence-electron chi connectivity index (χ1n) is 6.38. The minimum absolute atomic E-state index is 0.649. The topological polar surface area (TPSA) is 29.3 Å². The second kappa shape index (κ2) is 6.02. The summed E-state index contributed by atoms with van der Waals surface area (Å²) in [6.07, 6.45) is 5.06.